The van der Waals surface area contributed by atoms with Gasteiger partial charge in [-0.3, -0.25) is 0 Å². The van der Waals surface area contributed by atoms with Crippen LogP contribution >= 0.6 is 11.3 Å². The average Bonchev–Trinajstić information content (AvgIpc) is 3.27. The Labute approximate surface area is 158 Å². The van der Waals surface area contributed by atoms with E-state index < -0.39 is 11.8 Å². The zero-order valence-electron chi connectivity index (χ0n) is 14.8. The van der Waals surface area contributed by atoms with Gasteiger partial charge in [0, 0.05) is 46.7 Å². The predicted molar refractivity (Wildman–Crippen MR) is 100 cm³/mol. The Balaban J connectivity index is 1.75. The number of rotatable bonds is 7. The maximum Gasteiger partial charge on any atom is 0.364 e. The van der Waals surface area contributed by atoms with Crippen molar-refractivity contribution in [3.8, 4) is 0 Å². The highest BCUT2D eigenvalue weighted by Crippen LogP contribution is 2.27. The molecule has 0 atom stereocenters. The van der Waals surface area contributed by atoms with Crippen LogP contribution in [0.3, 0.4) is 0 Å². The molecule has 0 aliphatic carbocycles. The molecular weight excluding hydrogens is 374 g/mol. The highest BCUT2D eigenvalue weighted by atomic mass is 32.1. The Bertz CT molecular complexity index is 951. The number of tetrazole rings is 1. The van der Waals surface area contributed by atoms with E-state index >= 15 is 0 Å². The minimum atomic E-state index is -1.89. The molecule has 3 heterocycles. The van der Waals surface area contributed by atoms with Gasteiger partial charge in [-0.05, 0) is 29.5 Å². The van der Waals surface area contributed by atoms with Gasteiger partial charge in [0.2, 0.25) is 0 Å². The van der Waals surface area contributed by atoms with Gasteiger partial charge in [0.1, 0.15) is 0 Å². The summed E-state index contributed by atoms with van der Waals surface area (Å²) in [5.41, 5.74) is 5.51. The van der Waals surface area contributed by atoms with Crippen molar-refractivity contribution >= 4 is 16.9 Å². The van der Waals surface area contributed by atoms with Crippen molar-refractivity contribution in [2.24, 2.45) is 5.73 Å². The fourth-order valence-corrected chi connectivity index (χ4v) is 3.61. The van der Waals surface area contributed by atoms with E-state index in [4.69, 9.17) is 5.73 Å². The number of allylic oxidation sites excluding steroid dienone is 2. The van der Waals surface area contributed by atoms with Gasteiger partial charge in [-0.2, -0.15) is 18.1 Å². The Hall–Kier alpha value is -2.59. The molecule has 7 nitrogen and oxygen atoms in total. The number of nitrogens with two attached hydrogens (primary N) is 1. The van der Waals surface area contributed by atoms with Crippen LogP contribution in [0.5, 0.6) is 0 Å². The average molecular weight is 394 g/mol. The lowest BCUT2D eigenvalue weighted by molar-refractivity contribution is 0.400. The fraction of sp³-hybridized carbons (Fsp3) is 0.353. The van der Waals surface area contributed by atoms with Crippen molar-refractivity contribution in [3.63, 3.8) is 0 Å². The molecule has 0 bridgehead atoms. The number of hydrogen-bond donors (Lipinski definition) is 1. The summed E-state index contributed by atoms with van der Waals surface area (Å²) in [6.45, 7) is 3.46. The van der Waals surface area contributed by atoms with E-state index in [2.05, 4.69) is 40.6 Å². The second-order valence-electron chi connectivity index (χ2n) is 5.99. The number of nitrogens with zero attached hydrogens (tertiary/aromatic N) is 5. The molecule has 144 valence electrons. The highest BCUT2D eigenvalue weighted by Gasteiger charge is 2.14. The van der Waals surface area contributed by atoms with Crippen molar-refractivity contribution < 1.29 is 8.78 Å². The quantitative estimate of drug-likeness (QED) is 0.776. The van der Waals surface area contributed by atoms with Crippen molar-refractivity contribution in [1.82, 2.24) is 24.7 Å². The normalized spacial score (nSPS) is 13.8. The van der Waals surface area contributed by atoms with Gasteiger partial charge in [-0.25, -0.2) is 4.79 Å². The summed E-state index contributed by atoms with van der Waals surface area (Å²) >= 11 is 1.56. The summed E-state index contributed by atoms with van der Waals surface area (Å²) in [4.78, 5) is 16.5. The van der Waals surface area contributed by atoms with Crippen LogP contribution in [0, 0.1) is 0 Å². The van der Waals surface area contributed by atoms with Gasteiger partial charge in [-0.15, -0.1) is 11.3 Å². The van der Waals surface area contributed by atoms with Gasteiger partial charge in [0.15, 0.2) is 0 Å². The van der Waals surface area contributed by atoms with E-state index in [1.54, 1.807) is 11.3 Å². The molecule has 1 aliphatic rings. The van der Waals surface area contributed by atoms with Crippen molar-refractivity contribution in [1.29, 1.82) is 0 Å². The fourth-order valence-electron chi connectivity index (χ4n) is 2.63. The summed E-state index contributed by atoms with van der Waals surface area (Å²) in [7, 11) is 0. The molecule has 1 aliphatic heterocycles. The summed E-state index contributed by atoms with van der Waals surface area (Å²) in [5, 5.41) is 7.45. The van der Waals surface area contributed by atoms with Crippen LogP contribution in [0.25, 0.3) is 5.57 Å². The molecule has 0 radical (unpaired) electrons. The molecule has 0 fully saturated rings. The summed E-state index contributed by atoms with van der Waals surface area (Å²) in [6, 6.07) is 3.93. The van der Waals surface area contributed by atoms with Crippen LogP contribution in [0.4, 0.5) is 8.78 Å². The monoisotopic (exact) mass is 394 g/mol. The van der Waals surface area contributed by atoms with Crippen LogP contribution in [0.2, 0.25) is 0 Å². The lowest BCUT2D eigenvalue weighted by Gasteiger charge is -2.20. The second-order valence-corrected chi connectivity index (χ2v) is 7.15. The third-order valence-corrected chi connectivity index (χ3v) is 5.29. The Morgan fingerprint density at radius 1 is 1.30 bits per heavy atom. The van der Waals surface area contributed by atoms with Gasteiger partial charge < -0.3 is 10.6 Å². The molecule has 2 aromatic heterocycles. The number of thiophene rings is 1. The second kappa shape index (κ2) is 8.40. The third-order valence-electron chi connectivity index (χ3n) is 4.17. The number of halogens is 2. The molecule has 0 aromatic carbocycles. The third kappa shape index (κ3) is 4.40. The van der Waals surface area contributed by atoms with Crippen LogP contribution in [0.15, 0.2) is 46.9 Å². The lowest BCUT2D eigenvalue weighted by Crippen LogP contribution is -2.27. The van der Waals surface area contributed by atoms with Gasteiger partial charge in [0.05, 0.1) is 13.1 Å². The summed E-state index contributed by atoms with van der Waals surface area (Å²) in [6.07, 6.45) is 4.42. The van der Waals surface area contributed by atoms with E-state index in [1.807, 2.05) is 12.1 Å². The Morgan fingerprint density at radius 3 is 2.78 bits per heavy atom. The molecule has 27 heavy (non-hydrogen) atoms. The van der Waals surface area contributed by atoms with Crippen LogP contribution in [-0.2, 0) is 13.1 Å². The summed E-state index contributed by atoms with van der Waals surface area (Å²) < 4.78 is 27.5. The number of aromatic nitrogens is 4. The zero-order chi connectivity index (χ0) is 19.4. The Kier molecular flexibility index (Phi) is 5.97. The molecule has 2 aromatic rings. The van der Waals surface area contributed by atoms with E-state index in [-0.39, 0.29) is 25.2 Å². The number of hydrogen-bond acceptors (Lipinski definition) is 6. The largest absolute Gasteiger partial charge is 0.373 e. The maximum atomic E-state index is 12.7. The molecule has 0 saturated heterocycles. The van der Waals surface area contributed by atoms with Crippen LogP contribution in [0.1, 0.15) is 16.7 Å². The molecule has 0 unspecified atom stereocenters. The van der Waals surface area contributed by atoms with Crippen LogP contribution < -0.4 is 11.4 Å². The van der Waals surface area contributed by atoms with Crippen molar-refractivity contribution in [3.05, 3.63) is 62.4 Å². The minimum Gasteiger partial charge on any atom is -0.373 e. The minimum absolute atomic E-state index is 0.234. The highest BCUT2D eigenvalue weighted by molar-refractivity contribution is 7.13. The molecule has 0 amide bonds. The van der Waals surface area contributed by atoms with E-state index in [0.29, 0.717) is 0 Å². The van der Waals surface area contributed by atoms with Crippen molar-refractivity contribution in [2.45, 2.75) is 20.0 Å². The van der Waals surface area contributed by atoms with Gasteiger partial charge in [0.25, 0.3) is 6.08 Å². The Morgan fingerprint density at radius 2 is 2.07 bits per heavy atom. The van der Waals surface area contributed by atoms with Gasteiger partial charge in [-0.1, -0.05) is 12.2 Å². The molecule has 0 spiro atoms. The van der Waals surface area contributed by atoms with Crippen molar-refractivity contribution in [2.75, 3.05) is 19.6 Å². The SMILES string of the molecule is CCN1C=C(c2ccc(Cn3nnn(CC(CN)=C(F)F)c3=O)s2)C=CC1. The lowest BCUT2D eigenvalue weighted by atomic mass is 10.1. The van der Waals surface area contributed by atoms with Crippen LogP contribution in [-0.4, -0.2) is 44.3 Å². The molecule has 10 heteroatoms. The smallest absolute Gasteiger partial charge is 0.364 e. The van der Waals surface area contributed by atoms with Gasteiger partial charge >= 0.3 is 5.69 Å². The first-order valence-electron chi connectivity index (χ1n) is 8.47. The zero-order valence-corrected chi connectivity index (χ0v) is 15.6. The predicted octanol–water partition coefficient (Wildman–Crippen LogP) is 1.89. The standard InChI is InChI=1S/C17H20F2N6OS/c1-2-23-7-3-4-12(9-23)15-6-5-14(27-15)11-25-17(26)24(21-22-25)10-13(8-20)16(18)19/h3-6,9H,2,7-8,10-11,20H2,1H3. The van der Waals surface area contributed by atoms with E-state index in [1.165, 1.54) is 0 Å². The molecular formula is C17H20F2N6OS. The number of likely N-dealkylation sites (N-methyl/N-ethyl adjacent to an activating group) is 1. The first-order chi connectivity index (χ1) is 13.0. The first kappa shape index (κ1) is 19.2. The maximum absolute atomic E-state index is 12.7. The summed E-state index contributed by atoms with van der Waals surface area (Å²) in [5.74, 6) is 0. The first-order valence-corrected chi connectivity index (χ1v) is 9.28. The van der Waals surface area contributed by atoms with E-state index in [0.717, 1.165) is 37.8 Å². The topological polar surface area (TPSA) is 82.0 Å². The molecule has 2 N–H and O–H groups in total. The molecule has 3 rings (SSSR count). The van der Waals surface area contributed by atoms with E-state index in [9.17, 15) is 13.6 Å². The molecule has 0 saturated carbocycles.